The number of aliphatic hydroxyl groups excluding tert-OH is 1. The van der Waals surface area contributed by atoms with Gasteiger partial charge in [-0.2, -0.15) is 13.2 Å². The van der Waals surface area contributed by atoms with Gasteiger partial charge in [0.2, 0.25) is 0 Å². The van der Waals surface area contributed by atoms with Crippen LogP contribution in [0.3, 0.4) is 0 Å². The minimum absolute atomic E-state index is 0.289. The van der Waals surface area contributed by atoms with Gasteiger partial charge in [0.15, 0.2) is 0 Å². The van der Waals surface area contributed by atoms with Crippen LogP contribution in [0.25, 0.3) is 0 Å². The van der Waals surface area contributed by atoms with Gasteiger partial charge >= 0.3 is 6.18 Å². The molecular formula is C11H12F3IO. The van der Waals surface area contributed by atoms with E-state index in [1.54, 1.807) is 12.1 Å². The number of hydrogen-bond donors (Lipinski definition) is 1. The zero-order valence-electron chi connectivity index (χ0n) is 8.68. The summed E-state index contributed by atoms with van der Waals surface area (Å²) in [5, 5.41) is 9.68. The number of aliphatic hydroxyl groups is 1. The maximum Gasteiger partial charge on any atom is 0.389 e. The van der Waals surface area contributed by atoms with E-state index in [0.717, 1.165) is 9.13 Å². The molecule has 1 aromatic carbocycles. The van der Waals surface area contributed by atoms with E-state index in [9.17, 15) is 18.3 Å². The highest BCUT2D eigenvalue weighted by molar-refractivity contribution is 14.1. The summed E-state index contributed by atoms with van der Waals surface area (Å²) in [6.45, 7) is 1.86. The Labute approximate surface area is 106 Å². The third-order valence-electron chi connectivity index (χ3n) is 2.28. The third kappa shape index (κ3) is 3.93. The highest BCUT2D eigenvalue weighted by atomic mass is 127. The molecule has 5 heteroatoms. The maximum absolute atomic E-state index is 12.0. The summed E-state index contributed by atoms with van der Waals surface area (Å²) in [7, 11) is 0. The van der Waals surface area contributed by atoms with Crippen molar-refractivity contribution in [1.29, 1.82) is 0 Å². The molecule has 1 N–H and O–H groups in total. The zero-order chi connectivity index (χ0) is 12.3. The van der Waals surface area contributed by atoms with E-state index in [1.165, 1.54) is 0 Å². The number of aryl methyl sites for hydroxylation is 1. The number of rotatable bonds is 3. The molecule has 0 amide bonds. The third-order valence-corrected chi connectivity index (χ3v) is 3.76. The Kier molecular flexibility index (Phi) is 4.61. The van der Waals surface area contributed by atoms with Crippen molar-refractivity contribution in [1.82, 2.24) is 0 Å². The van der Waals surface area contributed by atoms with Gasteiger partial charge in [-0.3, -0.25) is 0 Å². The van der Waals surface area contributed by atoms with Gasteiger partial charge in [0, 0.05) is 9.99 Å². The molecule has 0 saturated carbocycles. The molecule has 1 nitrogen and oxygen atoms in total. The lowest BCUT2D eigenvalue weighted by Crippen LogP contribution is -2.10. The topological polar surface area (TPSA) is 20.2 Å². The fourth-order valence-electron chi connectivity index (χ4n) is 1.38. The molecule has 0 saturated heterocycles. The predicted octanol–water partition coefficient (Wildman–Crippen LogP) is 3.98. The first kappa shape index (κ1) is 13.8. The van der Waals surface area contributed by atoms with Crippen LogP contribution in [-0.4, -0.2) is 11.3 Å². The van der Waals surface area contributed by atoms with Crippen molar-refractivity contribution in [2.24, 2.45) is 0 Å². The van der Waals surface area contributed by atoms with E-state index in [4.69, 9.17) is 0 Å². The SMILES string of the molecule is Cc1cccc(C(O)CCC(F)(F)F)c1I. The summed E-state index contributed by atoms with van der Waals surface area (Å²) in [6.07, 6.45) is -6.51. The van der Waals surface area contributed by atoms with Gasteiger partial charge in [0.05, 0.1) is 6.10 Å². The van der Waals surface area contributed by atoms with E-state index in [1.807, 2.05) is 35.6 Å². The van der Waals surface area contributed by atoms with E-state index in [-0.39, 0.29) is 6.42 Å². The lowest BCUT2D eigenvalue weighted by molar-refractivity contribution is -0.140. The largest absolute Gasteiger partial charge is 0.389 e. The van der Waals surface area contributed by atoms with E-state index in [2.05, 4.69) is 0 Å². The maximum atomic E-state index is 12.0. The first-order valence-corrected chi connectivity index (χ1v) is 5.89. The molecule has 0 bridgehead atoms. The van der Waals surface area contributed by atoms with Gasteiger partial charge < -0.3 is 5.11 Å². The van der Waals surface area contributed by atoms with Crippen molar-refractivity contribution < 1.29 is 18.3 Å². The lowest BCUT2D eigenvalue weighted by Gasteiger charge is -2.15. The van der Waals surface area contributed by atoms with Gasteiger partial charge in [0.25, 0.3) is 0 Å². The van der Waals surface area contributed by atoms with Crippen molar-refractivity contribution in [3.63, 3.8) is 0 Å². The Bertz CT molecular complexity index is 363. The highest BCUT2D eigenvalue weighted by Crippen LogP contribution is 2.30. The second-order valence-corrected chi connectivity index (χ2v) is 4.73. The summed E-state index contributed by atoms with van der Waals surface area (Å²) in [5.74, 6) is 0. The molecule has 0 aliphatic rings. The van der Waals surface area contributed by atoms with Gasteiger partial charge in [-0.05, 0) is 47.1 Å². The number of hydrogen-bond acceptors (Lipinski definition) is 1. The molecule has 0 aliphatic carbocycles. The summed E-state index contributed by atoms with van der Waals surface area (Å²) < 4.78 is 36.8. The van der Waals surface area contributed by atoms with Crippen LogP contribution in [-0.2, 0) is 0 Å². The van der Waals surface area contributed by atoms with Gasteiger partial charge in [-0.25, -0.2) is 0 Å². The number of alkyl halides is 3. The summed E-state index contributed by atoms with van der Waals surface area (Å²) in [5.41, 5.74) is 1.54. The standard InChI is InChI=1S/C11H12F3IO/c1-7-3-2-4-8(10(7)15)9(16)5-6-11(12,13)14/h2-4,9,16H,5-6H2,1H3. The van der Waals surface area contributed by atoms with E-state index >= 15 is 0 Å². The smallest absolute Gasteiger partial charge is 0.388 e. The second-order valence-electron chi connectivity index (χ2n) is 3.65. The van der Waals surface area contributed by atoms with Crippen LogP contribution < -0.4 is 0 Å². The summed E-state index contributed by atoms with van der Waals surface area (Å²) in [4.78, 5) is 0. The van der Waals surface area contributed by atoms with Crippen LogP contribution in [0.5, 0.6) is 0 Å². The van der Waals surface area contributed by atoms with Crippen molar-refractivity contribution >= 4 is 22.6 Å². The van der Waals surface area contributed by atoms with Crippen molar-refractivity contribution in [3.05, 3.63) is 32.9 Å². The molecule has 0 radical (unpaired) electrons. The van der Waals surface area contributed by atoms with Crippen molar-refractivity contribution in [3.8, 4) is 0 Å². The molecule has 1 unspecified atom stereocenters. The number of benzene rings is 1. The molecule has 90 valence electrons. The monoisotopic (exact) mass is 344 g/mol. The molecule has 0 aromatic heterocycles. The van der Waals surface area contributed by atoms with Crippen molar-refractivity contribution in [2.45, 2.75) is 32.0 Å². The van der Waals surface area contributed by atoms with Gasteiger partial charge in [-0.15, -0.1) is 0 Å². The Morgan fingerprint density at radius 2 is 2.00 bits per heavy atom. The molecule has 0 fully saturated rings. The van der Waals surface area contributed by atoms with E-state index < -0.39 is 18.7 Å². The minimum Gasteiger partial charge on any atom is -0.388 e. The van der Waals surface area contributed by atoms with Crippen LogP contribution in [0.4, 0.5) is 13.2 Å². The Balaban J connectivity index is 2.73. The molecular weight excluding hydrogens is 332 g/mol. The summed E-state index contributed by atoms with van der Waals surface area (Å²) >= 11 is 2.04. The van der Waals surface area contributed by atoms with Crippen LogP contribution in [0.2, 0.25) is 0 Å². The van der Waals surface area contributed by atoms with E-state index in [0.29, 0.717) is 5.56 Å². The van der Waals surface area contributed by atoms with Crippen LogP contribution >= 0.6 is 22.6 Å². The van der Waals surface area contributed by atoms with Crippen LogP contribution in [0.15, 0.2) is 18.2 Å². The second kappa shape index (κ2) is 5.35. The molecule has 1 aromatic rings. The lowest BCUT2D eigenvalue weighted by atomic mass is 10.0. The fraction of sp³-hybridized carbons (Fsp3) is 0.455. The predicted molar refractivity (Wildman–Crippen MR) is 64.1 cm³/mol. The molecule has 1 atom stereocenters. The molecule has 1 rings (SSSR count). The number of halogens is 4. The summed E-state index contributed by atoms with van der Waals surface area (Å²) in [6, 6.07) is 5.27. The Morgan fingerprint density at radius 1 is 1.38 bits per heavy atom. The fourth-order valence-corrected chi connectivity index (χ4v) is 2.10. The Morgan fingerprint density at radius 3 is 2.56 bits per heavy atom. The molecule has 0 heterocycles. The molecule has 0 aliphatic heterocycles. The quantitative estimate of drug-likeness (QED) is 0.823. The van der Waals surface area contributed by atoms with Crippen LogP contribution in [0, 0.1) is 10.5 Å². The molecule has 0 spiro atoms. The van der Waals surface area contributed by atoms with Gasteiger partial charge in [-0.1, -0.05) is 18.2 Å². The van der Waals surface area contributed by atoms with Gasteiger partial charge in [0.1, 0.15) is 0 Å². The first-order valence-electron chi connectivity index (χ1n) is 4.81. The normalized spacial score (nSPS) is 13.9. The average Bonchev–Trinajstić information content (AvgIpc) is 2.17. The van der Waals surface area contributed by atoms with Crippen LogP contribution in [0.1, 0.15) is 30.1 Å². The highest BCUT2D eigenvalue weighted by Gasteiger charge is 2.28. The Hall–Kier alpha value is -0.300. The van der Waals surface area contributed by atoms with Crippen molar-refractivity contribution in [2.75, 3.05) is 0 Å². The average molecular weight is 344 g/mol. The first-order chi connectivity index (χ1) is 7.31. The zero-order valence-corrected chi connectivity index (χ0v) is 10.8. The minimum atomic E-state index is -4.21. The molecule has 16 heavy (non-hydrogen) atoms.